The first-order valence-corrected chi connectivity index (χ1v) is 11.4. The van der Waals surface area contributed by atoms with Crippen molar-refractivity contribution >= 4 is 26.1 Å². The molecule has 4 N–H and O–H groups in total. The van der Waals surface area contributed by atoms with Crippen LogP contribution in [0.15, 0.2) is 48.8 Å². The van der Waals surface area contributed by atoms with Crippen LogP contribution in [0.2, 0.25) is 0 Å². The van der Waals surface area contributed by atoms with E-state index in [-0.39, 0.29) is 29.1 Å². The normalized spacial score (nSPS) is 24.3. The molecule has 0 aliphatic carbocycles. The number of benzene rings is 1. The quantitative estimate of drug-likeness (QED) is 0.393. The number of hydrogen-bond acceptors (Lipinski definition) is 7. The Hall–Kier alpha value is -2.88. The lowest BCUT2D eigenvalue weighted by molar-refractivity contribution is -0.236. The molecule has 1 aromatic carbocycles. The van der Waals surface area contributed by atoms with E-state index in [0.717, 1.165) is 6.07 Å². The molecule has 1 saturated heterocycles. The first-order chi connectivity index (χ1) is 16.7. The van der Waals surface area contributed by atoms with Gasteiger partial charge in [-0.1, -0.05) is 12.1 Å². The van der Waals surface area contributed by atoms with Crippen LogP contribution in [0.4, 0.5) is 14.5 Å². The molecule has 0 spiro atoms. The lowest BCUT2D eigenvalue weighted by atomic mass is 9.83. The van der Waals surface area contributed by atoms with Gasteiger partial charge in [0.1, 0.15) is 28.6 Å². The van der Waals surface area contributed by atoms with Crippen LogP contribution in [0.1, 0.15) is 35.5 Å². The largest absolute Gasteiger partial charge is 0.393 e. The highest BCUT2D eigenvalue weighted by Crippen LogP contribution is 2.39. The summed E-state index contributed by atoms with van der Waals surface area (Å²) in [6.45, 7) is 0.846. The molecule has 35 heavy (non-hydrogen) atoms. The van der Waals surface area contributed by atoms with E-state index in [9.17, 15) is 28.9 Å². The summed E-state index contributed by atoms with van der Waals surface area (Å²) in [6, 6.07) is 8.04. The number of hydrogen-bond donors (Lipinski definition) is 4. The Kier molecular flexibility index (Phi) is 7.21. The molecule has 0 bridgehead atoms. The third-order valence-corrected chi connectivity index (χ3v) is 6.63. The standard InChI is InChI=1S/C24H24F2N3O5P/c1-12-24(33,11-30)20(31)9-18(34-12)13-7-8-27-10-17(13)29-23(32)16-6-5-15(26)22(28-16)21-14(25)3-2-4-19(21)35/h2-8,10,12,18,20,30-31,33H,9,11,35H2,1H3,(H,29,32). The highest BCUT2D eigenvalue weighted by Gasteiger charge is 2.48. The molecule has 2 aromatic heterocycles. The van der Waals surface area contributed by atoms with Crippen LogP contribution in [0.25, 0.3) is 11.3 Å². The van der Waals surface area contributed by atoms with Gasteiger partial charge in [0.05, 0.1) is 36.8 Å². The summed E-state index contributed by atoms with van der Waals surface area (Å²) in [6.07, 6.45) is -0.0900. The zero-order chi connectivity index (χ0) is 25.3. The van der Waals surface area contributed by atoms with Crippen molar-refractivity contribution in [3.05, 3.63) is 71.7 Å². The topological polar surface area (TPSA) is 125 Å². The average molecular weight is 503 g/mol. The molecular formula is C24H24F2N3O5P. The zero-order valence-corrected chi connectivity index (χ0v) is 19.8. The number of aliphatic hydroxyl groups excluding tert-OH is 2. The minimum atomic E-state index is -1.81. The van der Waals surface area contributed by atoms with Gasteiger partial charge in [0.15, 0.2) is 0 Å². The van der Waals surface area contributed by atoms with Crippen LogP contribution in [0.3, 0.4) is 0 Å². The summed E-state index contributed by atoms with van der Waals surface area (Å²) in [5.74, 6) is -2.16. The number of nitrogens with one attached hydrogen (secondary N) is 1. The maximum atomic E-state index is 14.5. The molecule has 1 aliphatic heterocycles. The minimum Gasteiger partial charge on any atom is -0.393 e. The monoisotopic (exact) mass is 503 g/mol. The molecule has 1 aliphatic rings. The van der Waals surface area contributed by atoms with Gasteiger partial charge >= 0.3 is 0 Å². The van der Waals surface area contributed by atoms with Gasteiger partial charge in [0.2, 0.25) is 0 Å². The van der Waals surface area contributed by atoms with Crippen molar-refractivity contribution in [1.82, 2.24) is 9.97 Å². The second-order valence-electron chi connectivity index (χ2n) is 8.32. The first-order valence-electron chi connectivity index (χ1n) is 10.8. The van der Waals surface area contributed by atoms with Crippen molar-refractivity contribution in [2.75, 3.05) is 11.9 Å². The van der Waals surface area contributed by atoms with Gasteiger partial charge in [-0.2, -0.15) is 0 Å². The molecule has 5 unspecified atom stereocenters. The number of amides is 1. The Morgan fingerprint density at radius 3 is 2.71 bits per heavy atom. The highest BCUT2D eigenvalue weighted by atomic mass is 31.0. The minimum absolute atomic E-state index is 0.0442. The van der Waals surface area contributed by atoms with Crippen LogP contribution in [0, 0.1) is 11.6 Å². The van der Waals surface area contributed by atoms with Crippen LogP contribution in [-0.2, 0) is 4.74 Å². The van der Waals surface area contributed by atoms with Gasteiger partial charge in [-0.25, -0.2) is 13.8 Å². The fraction of sp³-hybridized carbons (Fsp3) is 0.292. The Balaban J connectivity index is 1.62. The van der Waals surface area contributed by atoms with Gasteiger partial charge in [-0.15, -0.1) is 9.24 Å². The summed E-state index contributed by atoms with van der Waals surface area (Å²) in [4.78, 5) is 21.1. The number of carbonyl (C=O) groups excluding carboxylic acids is 1. The van der Waals surface area contributed by atoms with Crippen LogP contribution < -0.4 is 10.6 Å². The predicted octanol–water partition coefficient (Wildman–Crippen LogP) is 2.11. The Labute approximate surface area is 202 Å². The maximum Gasteiger partial charge on any atom is 0.274 e. The smallest absolute Gasteiger partial charge is 0.274 e. The van der Waals surface area contributed by atoms with E-state index in [2.05, 4.69) is 24.5 Å². The van der Waals surface area contributed by atoms with Gasteiger partial charge in [-0.3, -0.25) is 9.78 Å². The van der Waals surface area contributed by atoms with Gasteiger partial charge in [0.25, 0.3) is 5.91 Å². The lowest BCUT2D eigenvalue weighted by Gasteiger charge is -2.44. The zero-order valence-electron chi connectivity index (χ0n) is 18.7. The number of aromatic nitrogens is 2. The Morgan fingerprint density at radius 1 is 1.26 bits per heavy atom. The molecule has 4 rings (SSSR count). The van der Waals surface area contributed by atoms with E-state index in [0.29, 0.717) is 10.9 Å². The SMILES string of the molecule is CC1OC(c2ccncc2NC(=O)c2ccc(F)c(-c3c(F)cccc3P)n2)CC(O)C1(O)CO. The lowest BCUT2D eigenvalue weighted by Crippen LogP contribution is -2.58. The second kappa shape index (κ2) is 10.0. The number of ether oxygens (including phenoxy) is 1. The third-order valence-electron chi connectivity index (χ3n) is 6.15. The van der Waals surface area contributed by atoms with E-state index < -0.39 is 48.1 Å². The molecule has 184 valence electrons. The molecule has 3 heterocycles. The molecule has 8 nitrogen and oxygen atoms in total. The number of nitrogens with zero attached hydrogens (tertiary/aromatic N) is 2. The summed E-state index contributed by atoms with van der Waals surface area (Å²) in [5.41, 5.74) is -1.62. The second-order valence-corrected chi connectivity index (χ2v) is 8.94. The Morgan fingerprint density at radius 2 is 2.03 bits per heavy atom. The van der Waals surface area contributed by atoms with Crippen LogP contribution in [-0.4, -0.2) is 55.6 Å². The molecule has 1 amide bonds. The summed E-state index contributed by atoms with van der Waals surface area (Å²) in [7, 11) is 2.31. The number of aliphatic hydroxyl groups is 3. The van der Waals surface area contributed by atoms with Crippen LogP contribution in [0.5, 0.6) is 0 Å². The van der Waals surface area contributed by atoms with Gasteiger partial charge in [-0.05, 0) is 36.5 Å². The molecule has 0 radical (unpaired) electrons. The van der Waals surface area contributed by atoms with Crippen LogP contribution >= 0.6 is 9.24 Å². The summed E-state index contributed by atoms with van der Waals surface area (Å²) in [5, 5.41) is 33.4. The van der Waals surface area contributed by atoms with Gasteiger partial charge in [0, 0.05) is 23.7 Å². The highest BCUT2D eigenvalue weighted by molar-refractivity contribution is 7.28. The predicted molar refractivity (Wildman–Crippen MR) is 127 cm³/mol. The van der Waals surface area contributed by atoms with Crippen molar-refractivity contribution in [2.24, 2.45) is 0 Å². The van der Waals surface area contributed by atoms with E-state index in [1.165, 1.54) is 37.5 Å². The van der Waals surface area contributed by atoms with E-state index in [1.807, 2.05) is 0 Å². The fourth-order valence-corrected chi connectivity index (χ4v) is 4.43. The molecular weight excluding hydrogens is 479 g/mol. The number of pyridine rings is 2. The van der Waals surface area contributed by atoms with Crippen molar-refractivity contribution in [1.29, 1.82) is 0 Å². The number of rotatable bonds is 5. The first kappa shape index (κ1) is 25.2. The van der Waals surface area contributed by atoms with Crippen molar-refractivity contribution in [2.45, 2.75) is 37.3 Å². The van der Waals surface area contributed by atoms with Crippen molar-refractivity contribution in [3.8, 4) is 11.3 Å². The van der Waals surface area contributed by atoms with Crippen molar-refractivity contribution < 1.29 is 33.6 Å². The molecule has 11 heteroatoms. The summed E-state index contributed by atoms with van der Waals surface area (Å²) >= 11 is 0. The van der Waals surface area contributed by atoms with E-state index in [1.54, 1.807) is 12.1 Å². The van der Waals surface area contributed by atoms with E-state index >= 15 is 0 Å². The number of anilines is 1. The average Bonchev–Trinajstić information content (AvgIpc) is 2.83. The maximum absolute atomic E-state index is 14.5. The fourth-order valence-electron chi connectivity index (χ4n) is 4.04. The molecule has 5 atom stereocenters. The Bertz CT molecular complexity index is 1230. The molecule has 3 aromatic rings. The van der Waals surface area contributed by atoms with Gasteiger partial charge < -0.3 is 25.4 Å². The molecule has 0 saturated carbocycles. The third kappa shape index (κ3) is 4.80. The van der Waals surface area contributed by atoms with E-state index in [4.69, 9.17) is 4.74 Å². The number of carbonyl (C=O) groups is 1. The summed E-state index contributed by atoms with van der Waals surface area (Å²) < 4.78 is 34.8. The van der Waals surface area contributed by atoms with Crippen molar-refractivity contribution in [3.63, 3.8) is 0 Å². The number of halogens is 2. The molecule has 1 fully saturated rings.